The third-order valence-electron chi connectivity index (χ3n) is 3.80. The molecule has 1 aromatic carbocycles. The fourth-order valence-electron chi connectivity index (χ4n) is 2.82. The van der Waals surface area contributed by atoms with Gasteiger partial charge in [-0.2, -0.15) is 0 Å². The lowest BCUT2D eigenvalue weighted by molar-refractivity contribution is 0.208. The van der Waals surface area contributed by atoms with E-state index in [-0.39, 0.29) is 6.61 Å². The van der Waals surface area contributed by atoms with E-state index < -0.39 is 0 Å². The molecule has 0 amide bonds. The number of aryl methyl sites for hydroxylation is 1. The highest BCUT2D eigenvalue weighted by atomic mass is 16.3. The predicted octanol–water partition coefficient (Wildman–Crippen LogP) is 2.44. The molecule has 1 saturated heterocycles. The zero-order valence-electron chi connectivity index (χ0n) is 11.1. The Morgan fingerprint density at radius 1 is 1.39 bits per heavy atom. The molecule has 1 atom stereocenters. The number of hydrogen-bond acceptors (Lipinski definition) is 3. The molecule has 0 radical (unpaired) electrons. The van der Waals surface area contributed by atoms with Crippen molar-refractivity contribution < 1.29 is 10.2 Å². The van der Waals surface area contributed by atoms with Gasteiger partial charge in [0.2, 0.25) is 0 Å². The molecule has 18 heavy (non-hydrogen) atoms. The van der Waals surface area contributed by atoms with Crippen molar-refractivity contribution in [1.29, 1.82) is 0 Å². The van der Waals surface area contributed by atoms with Gasteiger partial charge in [0.15, 0.2) is 0 Å². The first-order valence-electron chi connectivity index (χ1n) is 6.84. The van der Waals surface area contributed by atoms with Crippen LogP contribution >= 0.6 is 0 Å². The number of phenols is 1. The molecule has 100 valence electrons. The second-order valence-electron chi connectivity index (χ2n) is 5.26. The Morgan fingerprint density at radius 2 is 2.22 bits per heavy atom. The summed E-state index contributed by atoms with van der Waals surface area (Å²) >= 11 is 0. The van der Waals surface area contributed by atoms with Gasteiger partial charge in [-0.15, -0.1) is 0 Å². The van der Waals surface area contributed by atoms with Crippen molar-refractivity contribution in [3.8, 4) is 5.75 Å². The molecule has 0 bridgehead atoms. The first-order valence-corrected chi connectivity index (χ1v) is 6.84. The maximum Gasteiger partial charge on any atom is 0.120 e. The average molecular weight is 249 g/mol. The molecule has 2 rings (SSSR count). The summed E-state index contributed by atoms with van der Waals surface area (Å²) in [7, 11) is 0. The fraction of sp³-hybridized carbons (Fsp3) is 0.600. The molecule has 1 heterocycles. The van der Waals surface area contributed by atoms with Crippen molar-refractivity contribution in [2.24, 2.45) is 0 Å². The summed E-state index contributed by atoms with van der Waals surface area (Å²) in [4.78, 5) is 2.43. The molecule has 1 fully saturated rings. The van der Waals surface area contributed by atoms with E-state index in [0.29, 0.717) is 11.8 Å². The zero-order chi connectivity index (χ0) is 13.0. The van der Waals surface area contributed by atoms with Gasteiger partial charge in [-0.05, 0) is 45.2 Å². The lowest BCUT2D eigenvalue weighted by Gasteiger charge is -2.24. The SMILES string of the molecule is Cc1ccc(O)c(CN2CCCC2CCCO)c1. The van der Waals surface area contributed by atoms with E-state index in [9.17, 15) is 5.11 Å². The van der Waals surface area contributed by atoms with Gasteiger partial charge in [-0.25, -0.2) is 0 Å². The quantitative estimate of drug-likeness (QED) is 0.842. The number of benzene rings is 1. The maximum absolute atomic E-state index is 9.89. The molecule has 0 saturated carbocycles. The molecular weight excluding hydrogens is 226 g/mol. The van der Waals surface area contributed by atoms with E-state index in [1.807, 2.05) is 6.07 Å². The van der Waals surface area contributed by atoms with Crippen molar-refractivity contribution in [1.82, 2.24) is 4.90 Å². The van der Waals surface area contributed by atoms with E-state index >= 15 is 0 Å². The van der Waals surface area contributed by atoms with Gasteiger partial charge in [-0.3, -0.25) is 4.90 Å². The number of aromatic hydroxyl groups is 1. The summed E-state index contributed by atoms with van der Waals surface area (Å²) in [5.41, 5.74) is 2.21. The van der Waals surface area contributed by atoms with Crippen LogP contribution in [0.2, 0.25) is 0 Å². The van der Waals surface area contributed by atoms with Crippen molar-refractivity contribution in [2.75, 3.05) is 13.2 Å². The largest absolute Gasteiger partial charge is 0.508 e. The topological polar surface area (TPSA) is 43.7 Å². The van der Waals surface area contributed by atoms with Crippen LogP contribution in [0.1, 0.15) is 36.8 Å². The van der Waals surface area contributed by atoms with Crippen molar-refractivity contribution >= 4 is 0 Å². The van der Waals surface area contributed by atoms with Crippen LogP contribution in [-0.4, -0.2) is 34.3 Å². The fourth-order valence-corrected chi connectivity index (χ4v) is 2.82. The molecule has 1 unspecified atom stereocenters. The molecule has 2 N–H and O–H groups in total. The van der Waals surface area contributed by atoms with Crippen molar-refractivity contribution in [3.63, 3.8) is 0 Å². The summed E-state index contributed by atoms with van der Waals surface area (Å²) in [5.74, 6) is 0.397. The van der Waals surface area contributed by atoms with Crippen LogP contribution in [-0.2, 0) is 6.54 Å². The van der Waals surface area contributed by atoms with Gasteiger partial charge in [0.1, 0.15) is 5.75 Å². The van der Waals surface area contributed by atoms with Gasteiger partial charge in [0.05, 0.1) is 0 Å². The van der Waals surface area contributed by atoms with Crippen LogP contribution < -0.4 is 0 Å². The third-order valence-corrected chi connectivity index (χ3v) is 3.80. The number of rotatable bonds is 5. The second kappa shape index (κ2) is 6.21. The summed E-state index contributed by atoms with van der Waals surface area (Å²) in [6.45, 7) is 4.25. The summed E-state index contributed by atoms with van der Waals surface area (Å²) in [6.07, 6.45) is 4.37. The van der Waals surface area contributed by atoms with Crippen LogP contribution in [0.15, 0.2) is 18.2 Å². The predicted molar refractivity (Wildman–Crippen MR) is 72.6 cm³/mol. The van der Waals surface area contributed by atoms with Gasteiger partial charge in [0.25, 0.3) is 0 Å². The Kier molecular flexibility index (Phi) is 4.61. The minimum absolute atomic E-state index is 0.278. The Morgan fingerprint density at radius 3 is 3.00 bits per heavy atom. The minimum atomic E-state index is 0.278. The molecule has 0 aromatic heterocycles. The number of nitrogens with zero attached hydrogens (tertiary/aromatic N) is 1. The standard InChI is InChI=1S/C15H23NO2/c1-12-6-7-15(18)13(10-12)11-16-8-2-4-14(16)5-3-9-17/h6-7,10,14,17-18H,2-5,8-9,11H2,1H3. The molecule has 3 heteroatoms. The number of likely N-dealkylation sites (tertiary alicyclic amines) is 1. The smallest absolute Gasteiger partial charge is 0.120 e. The third kappa shape index (κ3) is 3.24. The van der Waals surface area contributed by atoms with Gasteiger partial charge >= 0.3 is 0 Å². The van der Waals surface area contributed by atoms with Gasteiger partial charge in [-0.1, -0.05) is 17.7 Å². The summed E-state index contributed by atoms with van der Waals surface area (Å²) in [6, 6.07) is 6.35. The van der Waals surface area contributed by atoms with Crippen LogP contribution in [0.5, 0.6) is 5.75 Å². The first-order chi connectivity index (χ1) is 8.70. The van der Waals surface area contributed by atoms with E-state index in [1.54, 1.807) is 6.07 Å². The Bertz CT molecular complexity index is 392. The number of aliphatic hydroxyl groups excluding tert-OH is 1. The van der Waals surface area contributed by atoms with Crippen molar-refractivity contribution in [3.05, 3.63) is 29.3 Å². The van der Waals surface area contributed by atoms with E-state index in [1.165, 1.54) is 18.4 Å². The molecular formula is C15H23NO2. The maximum atomic E-state index is 9.89. The normalized spacial score (nSPS) is 20.4. The van der Waals surface area contributed by atoms with E-state index in [2.05, 4.69) is 17.9 Å². The molecule has 3 nitrogen and oxygen atoms in total. The van der Waals surface area contributed by atoms with Crippen LogP contribution in [0.3, 0.4) is 0 Å². The molecule has 0 spiro atoms. The highest BCUT2D eigenvalue weighted by molar-refractivity contribution is 5.35. The minimum Gasteiger partial charge on any atom is -0.508 e. The number of hydrogen-bond donors (Lipinski definition) is 2. The van der Waals surface area contributed by atoms with Gasteiger partial charge in [0, 0.05) is 24.8 Å². The van der Waals surface area contributed by atoms with Crippen LogP contribution in [0.4, 0.5) is 0 Å². The van der Waals surface area contributed by atoms with Crippen molar-refractivity contribution in [2.45, 2.75) is 45.2 Å². The number of phenolic OH excluding ortho intramolecular Hbond substituents is 1. The first kappa shape index (κ1) is 13.4. The monoisotopic (exact) mass is 249 g/mol. The van der Waals surface area contributed by atoms with E-state index in [4.69, 9.17) is 5.11 Å². The Labute approximate surface area is 109 Å². The molecule has 1 aliphatic heterocycles. The Hall–Kier alpha value is -1.06. The highest BCUT2D eigenvalue weighted by Crippen LogP contribution is 2.27. The zero-order valence-corrected chi connectivity index (χ0v) is 11.1. The average Bonchev–Trinajstić information content (AvgIpc) is 2.79. The molecule has 0 aliphatic carbocycles. The summed E-state index contributed by atoms with van der Waals surface area (Å²) < 4.78 is 0. The van der Waals surface area contributed by atoms with Crippen LogP contribution in [0.25, 0.3) is 0 Å². The summed E-state index contributed by atoms with van der Waals surface area (Å²) in [5, 5.41) is 18.8. The lowest BCUT2D eigenvalue weighted by Crippen LogP contribution is -2.29. The lowest BCUT2D eigenvalue weighted by atomic mass is 10.1. The molecule has 1 aliphatic rings. The second-order valence-corrected chi connectivity index (χ2v) is 5.26. The van der Waals surface area contributed by atoms with E-state index in [0.717, 1.165) is 31.5 Å². The molecule has 1 aromatic rings. The Balaban J connectivity index is 2.01. The van der Waals surface area contributed by atoms with Gasteiger partial charge < -0.3 is 10.2 Å². The highest BCUT2D eigenvalue weighted by Gasteiger charge is 2.24. The number of aliphatic hydroxyl groups is 1. The van der Waals surface area contributed by atoms with Crippen LogP contribution in [0, 0.1) is 6.92 Å².